The monoisotopic (exact) mass is 343 g/mol. The standard InChI is InChI=1S/C20H22ClNO2/c1-15-9-11-22(12-10-15)20(23)16-6-4-7-18(13-16)24-14-17-5-2-3-8-19(17)21/h2-8,13,15H,9-12,14H2,1H3. The molecule has 0 aliphatic carbocycles. The highest BCUT2D eigenvalue weighted by Gasteiger charge is 2.21. The van der Waals surface area contributed by atoms with Crippen molar-refractivity contribution in [2.24, 2.45) is 5.92 Å². The van der Waals surface area contributed by atoms with Gasteiger partial charge in [0.15, 0.2) is 0 Å². The minimum absolute atomic E-state index is 0.0880. The van der Waals surface area contributed by atoms with Crippen LogP contribution in [0.5, 0.6) is 5.75 Å². The molecule has 0 bridgehead atoms. The summed E-state index contributed by atoms with van der Waals surface area (Å²) < 4.78 is 5.81. The number of likely N-dealkylation sites (tertiary alicyclic amines) is 1. The predicted octanol–water partition coefficient (Wildman–Crippen LogP) is 4.79. The Kier molecular flexibility index (Phi) is 5.41. The fourth-order valence-corrected chi connectivity index (χ4v) is 3.08. The van der Waals surface area contributed by atoms with Crippen LogP contribution in [0.4, 0.5) is 0 Å². The summed E-state index contributed by atoms with van der Waals surface area (Å²) >= 11 is 6.14. The molecule has 0 radical (unpaired) electrons. The van der Waals surface area contributed by atoms with Gasteiger partial charge in [0.1, 0.15) is 12.4 Å². The fourth-order valence-electron chi connectivity index (χ4n) is 2.89. The number of piperidine rings is 1. The molecule has 1 aliphatic rings. The normalized spacial score (nSPS) is 15.3. The van der Waals surface area contributed by atoms with Gasteiger partial charge in [-0.2, -0.15) is 0 Å². The van der Waals surface area contributed by atoms with Crippen molar-refractivity contribution in [3.8, 4) is 5.75 Å². The minimum Gasteiger partial charge on any atom is -0.489 e. The van der Waals surface area contributed by atoms with Crippen LogP contribution in [0, 0.1) is 5.92 Å². The summed E-state index contributed by atoms with van der Waals surface area (Å²) in [6.45, 7) is 4.30. The van der Waals surface area contributed by atoms with E-state index < -0.39 is 0 Å². The van der Waals surface area contributed by atoms with Gasteiger partial charge < -0.3 is 9.64 Å². The van der Waals surface area contributed by atoms with Gasteiger partial charge in [0.05, 0.1) is 0 Å². The topological polar surface area (TPSA) is 29.5 Å². The largest absolute Gasteiger partial charge is 0.489 e. The first-order valence-corrected chi connectivity index (χ1v) is 8.77. The third kappa shape index (κ3) is 4.09. The van der Waals surface area contributed by atoms with Gasteiger partial charge in [0, 0.05) is 29.2 Å². The Morgan fingerprint density at radius 1 is 1.17 bits per heavy atom. The molecule has 2 aromatic rings. The minimum atomic E-state index is 0.0880. The smallest absolute Gasteiger partial charge is 0.253 e. The zero-order valence-electron chi connectivity index (χ0n) is 13.9. The van der Waals surface area contributed by atoms with Crippen LogP contribution in [0.15, 0.2) is 48.5 Å². The van der Waals surface area contributed by atoms with E-state index in [9.17, 15) is 4.79 Å². The van der Waals surface area contributed by atoms with Gasteiger partial charge in [-0.25, -0.2) is 0 Å². The first kappa shape index (κ1) is 16.8. The van der Waals surface area contributed by atoms with E-state index in [2.05, 4.69) is 6.92 Å². The van der Waals surface area contributed by atoms with E-state index in [1.165, 1.54) is 0 Å². The maximum absolute atomic E-state index is 12.6. The van der Waals surface area contributed by atoms with Crippen molar-refractivity contribution in [1.29, 1.82) is 0 Å². The van der Waals surface area contributed by atoms with Crippen molar-refractivity contribution in [2.45, 2.75) is 26.4 Å². The molecule has 24 heavy (non-hydrogen) atoms. The second kappa shape index (κ2) is 7.71. The van der Waals surface area contributed by atoms with E-state index in [4.69, 9.17) is 16.3 Å². The van der Waals surface area contributed by atoms with Gasteiger partial charge in [0.2, 0.25) is 0 Å². The summed E-state index contributed by atoms with van der Waals surface area (Å²) in [7, 11) is 0. The summed E-state index contributed by atoms with van der Waals surface area (Å²) in [6, 6.07) is 15.0. The van der Waals surface area contributed by atoms with Gasteiger partial charge in [-0.3, -0.25) is 4.79 Å². The second-order valence-corrected chi connectivity index (χ2v) is 6.79. The number of hydrogen-bond donors (Lipinski definition) is 0. The van der Waals surface area contributed by atoms with Crippen LogP contribution in [-0.4, -0.2) is 23.9 Å². The third-order valence-electron chi connectivity index (χ3n) is 4.50. The van der Waals surface area contributed by atoms with Crippen LogP contribution < -0.4 is 4.74 Å². The lowest BCUT2D eigenvalue weighted by Gasteiger charge is -2.30. The zero-order chi connectivity index (χ0) is 16.9. The first-order valence-electron chi connectivity index (χ1n) is 8.39. The molecule has 1 saturated heterocycles. The second-order valence-electron chi connectivity index (χ2n) is 6.38. The summed E-state index contributed by atoms with van der Waals surface area (Å²) in [4.78, 5) is 14.6. The van der Waals surface area contributed by atoms with Gasteiger partial charge in [0.25, 0.3) is 5.91 Å². The number of rotatable bonds is 4. The van der Waals surface area contributed by atoms with Crippen LogP contribution in [0.25, 0.3) is 0 Å². The quantitative estimate of drug-likeness (QED) is 0.798. The van der Waals surface area contributed by atoms with E-state index >= 15 is 0 Å². The molecule has 0 aromatic heterocycles. The molecule has 3 rings (SSSR count). The molecule has 4 heteroatoms. The van der Waals surface area contributed by atoms with Crippen molar-refractivity contribution < 1.29 is 9.53 Å². The maximum atomic E-state index is 12.6. The van der Waals surface area contributed by atoms with E-state index in [1.807, 2.05) is 53.4 Å². The Morgan fingerprint density at radius 2 is 1.92 bits per heavy atom. The Bertz CT molecular complexity index is 708. The predicted molar refractivity (Wildman–Crippen MR) is 96.5 cm³/mol. The van der Waals surface area contributed by atoms with Crippen LogP contribution in [0.3, 0.4) is 0 Å². The zero-order valence-corrected chi connectivity index (χ0v) is 14.6. The van der Waals surface area contributed by atoms with Crippen molar-refractivity contribution >= 4 is 17.5 Å². The third-order valence-corrected chi connectivity index (χ3v) is 4.87. The number of halogens is 1. The highest BCUT2D eigenvalue weighted by Crippen LogP contribution is 2.22. The first-order chi connectivity index (χ1) is 11.6. The van der Waals surface area contributed by atoms with Crippen molar-refractivity contribution in [2.75, 3.05) is 13.1 Å². The molecule has 1 heterocycles. The molecule has 1 fully saturated rings. The lowest BCUT2D eigenvalue weighted by molar-refractivity contribution is 0.0696. The Morgan fingerprint density at radius 3 is 2.67 bits per heavy atom. The maximum Gasteiger partial charge on any atom is 0.253 e. The Balaban J connectivity index is 1.65. The number of nitrogens with zero attached hydrogens (tertiary/aromatic N) is 1. The van der Waals surface area contributed by atoms with Crippen LogP contribution in [-0.2, 0) is 6.61 Å². The number of carbonyl (C=O) groups excluding carboxylic acids is 1. The summed E-state index contributed by atoms with van der Waals surface area (Å²) in [6.07, 6.45) is 2.16. The Labute approximate surface area is 148 Å². The van der Waals surface area contributed by atoms with Crippen molar-refractivity contribution in [1.82, 2.24) is 4.90 Å². The lowest BCUT2D eigenvalue weighted by Crippen LogP contribution is -2.37. The molecule has 126 valence electrons. The molecule has 2 aromatic carbocycles. The Hall–Kier alpha value is -2.00. The lowest BCUT2D eigenvalue weighted by atomic mass is 9.98. The van der Waals surface area contributed by atoms with Crippen LogP contribution >= 0.6 is 11.6 Å². The van der Waals surface area contributed by atoms with Gasteiger partial charge >= 0.3 is 0 Å². The van der Waals surface area contributed by atoms with E-state index in [0.717, 1.165) is 31.5 Å². The van der Waals surface area contributed by atoms with Crippen molar-refractivity contribution in [3.63, 3.8) is 0 Å². The molecule has 0 atom stereocenters. The number of ether oxygens (including phenoxy) is 1. The number of benzene rings is 2. The summed E-state index contributed by atoms with van der Waals surface area (Å²) in [5.41, 5.74) is 1.61. The molecule has 0 N–H and O–H groups in total. The molecular formula is C20H22ClNO2. The van der Waals surface area contributed by atoms with Crippen LogP contribution in [0.2, 0.25) is 5.02 Å². The molecule has 3 nitrogen and oxygen atoms in total. The van der Waals surface area contributed by atoms with Gasteiger partial charge in [-0.15, -0.1) is 0 Å². The van der Waals surface area contributed by atoms with Gasteiger partial charge in [-0.05, 0) is 43.0 Å². The highest BCUT2D eigenvalue weighted by atomic mass is 35.5. The van der Waals surface area contributed by atoms with Gasteiger partial charge in [-0.1, -0.05) is 42.8 Å². The molecule has 1 aliphatic heterocycles. The molecule has 0 spiro atoms. The summed E-state index contributed by atoms with van der Waals surface area (Å²) in [5, 5.41) is 0.687. The highest BCUT2D eigenvalue weighted by molar-refractivity contribution is 6.31. The van der Waals surface area contributed by atoms with E-state index in [0.29, 0.717) is 28.9 Å². The van der Waals surface area contributed by atoms with Crippen molar-refractivity contribution in [3.05, 3.63) is 64.7 Å². The number of amides is 1. The average molecular weight is 344 g/mol. The SMILES string of the molecule is CC1CCN(C(=O)c2cccc(OCc3ccccc3Cl)c2)CC1. The van der Waals surface area contributed by atoms with Crippen LogP contribution in [0.1, 0.15) is 35.7 Å². The number of hydrogen-bond acceptors (Lipinski definition) is 2. The summed E-state index contributed by atoms with van der Waals surface area (Å²) in [5.74, 6) is 1.48. The molecular weight excluding hydrogens is 322 g/mol. The average Bonchev–Trinajstić information content (AvgIpc) is 2.61. The molecule has 0 unspecified atom stereocenters. The molecule has 1 amide bonds. The van der Waals surface area contributed by atoms with E-state index in [-0.39, 0.29) is 5.91 Å². The fraction of sp³-hybridized carbons (Fsp3) is 0.350. The van der Waals surface area contributed by atoms with E-state index in [1.54, 1.807) is 0 Å². The number of carbonyl (C=O) groups is 1. The molecule has 0 saturated carbocycles.